The Morgan fingerprint density at radius 2 is 1.82 bits per heavy atom. The summed E-state index contributed by atoms with van der Waals surface area (Å²) in [5.41, 5.74) is 5.46. The van der Waals surface area contributed by atoms with Gasteiger partial charge < -0.3 is 9.74 Å². The maximum Gasteiger partial charge on any atom is 0.192 e. The van der Waals surface area contributed by atoms with E-state index < -0.39 is 8.32 Å². The van der Waals surface area contributed by atoms with E-state index >= 15 is 0 Å². The molecule has 5 heteroatoms. The molecule has 3 rings (SSSR count). The van der Waals surface area contributed by atoms with Gasteiger partial charge in [-0.05, 0) is 53.9 Å². The first-order chi connectivity index (χ1) is 12.9. The first-order valence-electron chi connectivity index (χ1n) is 10.0. The highest BCUT2D eigenvalue weighted by molar-refractivity contribution is 6.74. The number of pyridine rings is 1. The minimum Gasteiger partial charge on any atom is -0.411 e. The van der Waals surface area contributed by atoms with Crippen LogP contribution >= 0.6 is 0 Å². The largest absolute Gasteiger partial charge is 0.411 e. The predicted octanol–water partition coefficient (Wildman–Crippen LogP) is 6.04. The third-order valence-corrected chi connectivity index (χ3v) is 10.7. The maximum absolute atomic E-state index is 13.3. The van der Waals surface area contributed by atoms with Crippen molar-refractivity contribution in [3.8, 4) is 0 Å². The Bertz CT molecular complexity index is 854. The van der Waals surface area contributed by atoms with E-state index in [9.17, 15) is 4.39 Å². The molecule has 1 aliphatic heterocycles. The van der Waals surface area contributed by atoms with Crippen LogP contribution in [0.25, 0.3) is 0 Å². The molecule has 3 nitrogen and oxygen atoms in total. The van der Waals surface area contributed by atoms with Crippen LogP contribution in [0.1, 0.15) is 57.1 Å². The fourth-order valence-corrected chi connectivity index (χ4v) is 4.14. The molecular weight excluding hydrogens is 367 g/mol. The van der Waals surface area contributed by atoms with Gasteiger partial charge in [0.05, 0.1) is 23.7 Å². The van der Waals surface area contributed by atoms with Gasteiger partial charge >= 0.3 is 0 Å². The second kappa shape index (κ2) is 7.27. The molecule has 2 aromatic rings. The highest BCUT2D eigenvalue weighted by atomic mass is 28.4. The number of aromatic nitrogens is 1. The van der Waals surface area contributed by atoms with Gasteiger partial charge in [0.25, 0.3) is 0 Å². The van der Waals surface area contributed by atoms with Gasteiger partial charge in [-0.2, -0.15) is 0 Å². The van der Waals surface area contributed by atoms with Crippen molar-refractivity contribution in [2.75, 3.05) is 11.9 Å². The predicted molar refractivity (Wildman–Crippen MR) is 117 cm³/mol. The zero-order valence-corrected chi connectivity index (χ0v) is 19.2. The number of nitrogens with one attached hydrogen (secondary N) is 1. The number of rotatable bonds is 5. The Kier molecular flexibility index (Phi) is 5.45. The Balaban J connectivity index is 1.95. The van der Waals surface area contributed by atoms with E-state index in [0.29, 0.717) is 6.61 Å². The lowest BCUT2D eigenvalue weighted by atomic mass is 9.90. The summed E-state index contributed by atoms with van der Waals surface area (Å²) in [5, 5.41) is 3.65. The van der Waals surface area contributed by atoms with Gasteiger partial charge in [-0.3, -0.25) is 4.98 Å². The summed E-state index contributed by atoms with van der Waals surface area (Å²) in [6, 6.07) is 8.94. The number of fused-ring (bicyclic) bond motifs is 1. The highest BCUT2D eigenvalue weighted by Gasteiger charge is 2.38. The molecule has 0 radical (unpaired) electrons. The molecular formula is C23H33FN2OSi. The molecule has 0 fully saturated rings. The molecule has 2 heterocycles. The number of benzene rings is 1. The Morgan fingerprint density at radius 1 is 1.18 bits per heavy atom. The average Bonchev–Trinajstić information content (AvgIpc) is 2.88. The van der Waals surface area contributed by atoms with E-state index in [0.717, 1.165) is 41.2 Å². The molecule has 0 amide bonds. The molecule has 1 aromatic carbocycles. The van der Waals surface area contributed by atoms with Crippen molar-refractivity contribution in [1.82, 2.24) is 4.98 Å². The van der Waals surface area contributed by atoms with Crippen molar-refractivity contribution in [3.05, 3.63) is 58.7 Å². The lowest BCUT2D eigenvalue weighted by molar-refractivity contribution is 0.270. The van der Waals surface area contributed by atoms with Gasteiger partial charge in [0.1, 0.15) is 5.82 Å². The van der Waals surface area contributed by atoms with E-state index in [1.165, 1.54) is 12.1 Å². The molecule has 28 heavy (non-hydrogen) atoms. The Morgan fingerprint density at radius 3 is 2.43 bits per heavy atom. The number of hydrogen-bond acceptors (Lipinski definition) is 3. The van der Waals surface area contributed by atoms with Crippen molar-refractivity contribution >= 4 is 14.0 Å². The third-order valence-electron chi connectivity index (χ3n) is 6.24. The molecule has 1 N–H and O–H groups in total. The fourth-order valence-electron chi connectivity index (χ4n) is 3.21. The van der Waals surface area contributed by atoms with Crippen molar-refractivity contribution < 1.29 is 8.82 Å². The molecule has 0 unspecified atom stereocenters. The van der Waals surface area contributed by atoms with Crippen LogP contribution in [0, 0.1) is 5.82 Å². The summed E-state index contributed by atoms with van der Waals surface area (Å²) >= 11 is 0. The molecule has 0 bridgehead atoms. The normalized spacial score (nSPS) is 16.0. The number of anilines is 1. The molecule has 0 saturated heterocycles. The first-order valence-corrected chi connectivity index (χ1v) is 13.0. The summed E-state index contributed by atoms with van der Waals surface area (Å²) in [4.78, 5) is 5.07. The van der Waals surface area contributed by atoms with Gasteiger partial charge in [-0.25, -0.2) is 4.39 Å². The van der Waals surface area contributed by atoms with Gasteiger partial charge in [-0.15, -0.1) is 0 Å². The van der Waals surface area contributed by atoms with E-state index in [2.05, 4.69) is 59.1 Å². The van der Waals surface area contributed by atoms with Crippen molar-refractivity contribution in [3.63, 3.8) is 0 Å². The average molecular weight is 401 g/mol. The number of halogens is 1. The van der Waals surface area contributed by atoms with Crippen LogP contribution in [0.2, 0.25) is 18.1 Å². The highest BCUT2D eigenvalue weighted by Crippen LogP contribution is 2.39. The lowest BCUT2D eigenvalue weighted by Gasteiger charge is -2.36. The molecule has 0 atom stereocenters. The number of nitrogens with zero attached hydrogens (tertiary/aromatic N) is 1. The van der Waals surface area contributed by atoms with E-state index in [4.69, 9.17) is 9.41 Å². The summed E-state index contributed by atoms with van der Waals surface area (Å²) in [6.07, 6.45) is 0.721. The summed E-state index contributed by atoms with van der Waals surface area (Å²) in [5.74, 6) is -0.208. The van der Waals surface area contributed by atoms with Gasteiger partial charge in [0, 0.05) is 12.0 Å². The summed E-state index contributed by atoms with van der Waals surface area (Å²) in [7, 11) is -1.88. The summed E-state index contributed by atoms with van der Waals surface area (Å²) < 4.78 is 19.8. The van der Waals surface area contributed by atoms with Crippen LogP contribution in [0.3, 0.4) is 0 Å². The van der Waals surface area contributed by atoms with E-state index in [1.54, 1.807) is 0 Å². The maximum atomic E-state index is 13.3. The lowest BCUT2D eigenvalue weighted by Crippen LogP contribution is -2.40. The van der Waals surface area contributed by atoms with Crippen molar-refractivity contribution in [1.29, 1.82) is 0 Å². The van der Waals surface area contributed by atoms with Gasteiger partial charge in [0.2, 0.25) is 0 Å². The Labute approximate surface area is 169 Å². The van der Waals surface area contributed by atoms with Crippen LogP contribution in [0.5, 0.6) is 0 Å². The van der Waals surface area contributed by atoms with Crippen LogP contribution in [0.4, 0.5) is 10.1 Å². The van der Waals surface area contributed by atoms with Gasteiger partial charge in [0.15, 0.2) is 8.32 Å². The van der Waals surface area contributed by atoms with Crippen LogP contribution < -0.4 is 5.32 Å². The smallest absolute Gasteiger partial charge is 0.192 e. The van der Waals surface area contributed by atoms with E-state index in [-0.39, 0.29) is 16.3 Å². The standard InChI is InChI=1S/C23H33FN2OSi/c1-22(2,3)28(6,7)27-14-20-17(12-16-8-10-18(24)11-9-16)13-19-21(26-20)23(4,5)15-25-19/h8-11,13,25H,12,14-15H2,1-7H3. The van der Waals surface area contributed by atoms with Crippen LogP contribution in [-0.2, 0) is 22.9 Å². The fraction of sp³-hybridized carbons (Fsp3) is 0.522. The summed E-state index contributed by atoms with van der Waals surface area (Å²) in [6.45, 7) is 17.1. The zero-order valence-electron chi connectivity index (χ0n) is 18.2. The van der Waals surface area contributed by atoms with E-state index in [1.807, 2.05) is 12.1 Å². The zero-order chi connectivity index (χ0) is 20.7. The third kappa shape index (κ3) is 4.30. The van der Waals surface area contributed by atoms with Crippen molar-refractivity contribution in [2.24, 2.45) is 0 Å². The van der Waals surface area contributed by atoms with Crippen molar-refractivity contribution in [2.45, 2.75) is 71.2 Å². The SMILES string of the molecule is CC1(C)CNc2cc(Cc3ccc(F)cc3)c(CO[Si](C)(C)C(C)(C)C)nc21. The number of hydrogen-bond donors (Lipinski definition) is 1. The quantitative estimate of drug-likeness (QED) is 0.622. The molecule has 152 valence electrons. The van der Waals surface area contributed by atoms with Gasteiger partial charge in [-0.1, -0.05) is 46.8 Å². The minimum absolute atomic E-state index is 0.00939. The molecule has 1 aliphatic rings. The molecule has 0 spiro atoms. The molecule has 0 aliphatic carbocycles. The van der Waals surface area contributed by atoms with Crippen LogP contribution in [-0.4, -0.2) is 19.8 Å². The molecule has 0 saturated carbocycles. The monoisotopic (exact) mass is 400 g/mol. The first kappa shape index (κ1) is 21.0. The Hall–Kier alpha value is -1.72. The minimum atomic E-state index is -1.88. The second-order valence-corrected chi connectivity index (χ2v) is 14.9. The second-order valence-electron chi connectivity index (χ2n) is 10.1. The topological polar surface area (TPSA) is 34.1 Å². The van der Waals surface area contributed by atoms with Crippen LogP contribution in [0.15, 0.2) is 30.3 Å². The molecule has 1 aromatic heterocycles.